The second-order valence-electron chi connectivity index (χ2n) is 2.53. The molecule has 0 aliphatic carbocycles. The van der Waals surface area contributed by atoms with E-state index in [9.17, 15) is 14.4 Å². The minimum Gasteiger partial charge on any atom is -0.480 e. The molecular formula is C8H14ClNO5. The molecule has 7 heteroatoms. The van der Waals surface area contributed by atoms with Gasteiger partial charge in [-0.25, -0.2) is 0 Å². The summed E-state index contributed by atoms with van der Waals surface area (Å²) in [5.41, 5.74) is 0. The number of rotatable bonds is 6. The predicted octanol–water partition coefficient (Wildman–Crippen LogP) is 0.753. The molecule has 15 heavy (non-hydrogen) atoms. The predicted molar refractivity (Wildman–Crippen MR) is 53.2 cm³/mol. The standard InChI is InChI=1S/C8H11ClO5.H3N/c1-2-14-7(11)4-5(10)3-6(9)8(12)13;/h6H,2-4H2,1H3,(H,12,13);1H3. The number of carboxylic acids is 1. The number of aliphatic carboxylic acids is 1. The van der Waals surface area contributed by atoms with Crippen LogP contribution in [0.5, 0.6) is 0 Å². The summed E-state index contributed by atoms with van der Waals surface area (Å²) in [4.78, 5) is 32.0. The number of esters is 1. The van der Waals surface area contributed by atoms with Crippen LogP contribution in [0.15, 0.2) is 0 Å². The fraction of sp³-hybridized carbons (Fsp3) is 0.625. The maximum Gasteiger partial charge on any atom is 0.322 e. The zero-order valence-electron chi connectivity index (χ0n) is 8.36. The summed E-state index contributed by atoms with van der Waals surface area (Å²) < 4.78 is 4.50. The second-order valence-corrected chi connectivity index (χ2v) is 3.06. The normalized spacial score (nSPS) is 11.1. The molecule has 6 nitrogen and oxygen atoms in total. The minimum absolute atomic E-state index is 0. The van der Waals surface area contributed by atoms with E-state index in [1.165, 1.54) is 0 Å². The van der Waals surface area contributed by atoms with Crippen LogP contribution in [-0.2, 0) is 19.1 Å². The number of carbonyl (C=O) groups is 3. The van der Waals surface area contributed by atoms with Gasteiger partial charge in [0.2, 0.25) is 0 Å². The van der Waals surface area contributed by atoms with Crippen LogP contribution in [0.2, 0.25) is 0 Å². The molecule has 0 radical (unpaired) electrons. The van der Waals surface area contributed by atoms with Crippen LogP contribution in [0.4, 0.5) is 0 Å². The molecule has 0 aliphatic rings. The van der Waals surface area contributed by atoms with Crippen LogP contribution in [0, 0.1) is 0 Å². The van der Waals surface area contributed by atoms with E-state index in [4.69, 9.17) is 16.7 Å². The van der Waals surface area contributed by atoms with E-state index >= 15 is 0 Å². The summed E-state index contributed by atoms with van der Waals surface area (Å²) in [5, 5.41) is 7.09. The van der Waals surface area contributed by atoms with Crippen molar-refractivity contribution < 1.29 is 24.2 Å². The van der Waals surface area contributed by atoms with E-state index in [-0.39, 0.29) is 19.2 Å². The van der Waals surface area contributed by atoms with Gasteiger partial charge in [0.05, 0.1) is 6.61 Å². The Hall–Kier alpha value is -1.14. The van der Waals surface area contributed by atoms with Gasteiger partial charge in [-0.2, -0.15) is 0 Å². The van der Waals surface area contributed by atoms with E-state index < -0.39 is 29.5 Å². The number of carboxylic acid groups (broad SMARTS) is 1. The molecule has 0 fully saturated rings. The fourth-order valence-electron chi connectivity index (χ4n) is 0.732. The Labute approximate surface area is 92.1 Å². The van der Waals surface area contributed by atoms with Crippen LogP contribution in [0.1, 0.15) is 19.8 Å². The number of hydrogen-bond acceptors (Lipinski definition) is 5. The van der Waals surface area contributed by atoms with Crippen molar-refractivity contribution in [2.24, 2.45) is 0 Å². The molecule has 0 heterocycles. The van der Waals surface area contributed by atoms with Crippen molar-refractivity contribution in [1.29, 1.82) is 0 Å². The quantitative estimate of drug-likeness (QED) is 0.401. The van der Waals surface area contributed by atoms with Gasteiger partial charge >= 0.3 is 11.9 Å². The van der Waals surface area contributed by atoms with Crippen LogP contribution < -0.4 is 6.15 Å². The van der Waals surface area contributed by atoms with Crippen molar-refractivity contribution >= 4 is 29.3 Å². The van der Waals surface area contributed by atoms with E-state index in [1.807, 2.05) is 0 Å². The maximum absolute atomic E-state index is 11.0. The van der Waals surface area contributed by atoms with Crippen LogP contribution in [0.3, 0.4) is 0 Å². The van der Waals surface area contributed by atoms with Crippen molar-refractivity contribution in [3.63, 3.8) is 0 Å². The summed E-state index contributed by atoms with van der Waals surface area (Å²) in [5.74, 6) is -2.47. The van der Waals surface area contributed by atoms with Gasteiger partial charge in [-0.1, -0.05) is 0 Å². The summed E-state index contributed by atoms with van der Waals surface area (Å²) in [6, 6.07) is 0. The summed E-state index contributed by atoms with van der Waals surface area (Å²) in [7, 11) is 0. The Morgan fingerprint density at radius 1 is 1.40 bits per heavy atom. The highest BCUT2D eigenvalue weighted by Gasteiger charge is 2.20. The van der Waals surface area contributed by atoms with Crippen molar-refractivity contribution in [3.05, 3.63) is 0 Å². The number of alkyl halides is 1. The van der Waals surface area contributed by atoms with Gasteiger partial charge in [0.15, 0.2) is 0 Å². The van der Waals surface area contributed by atoms with Crippen molar-refractivity contribution in [2.75, 3.05) is 6.61 Å². The zero-order valence-corrected chi connectivity index (χ0v) is 9.12. The second kappa shape index (κ2) is 8.19. The lowest BCUT2D eigenvalue weighted by atomic mass is 10.1. The number of hydrogen-bond donors (Lipinski definition) is 2. The first-order valence-electron chi connectivity index (χ1n) is 4.01. The lowest BCUT2D eigenvalue weighted by Crippen LogP contribution is -2.20. The number of ketones is 1. The van der Waals surface area contributed by atoms with Gasteiger partial charge in [0.25, 0.3) is 0 Å². The van der Waals surface area contributed by atoms with E-state index in [0.717, 1.165) is 0 Å². The lowest BCUT2D eigenvalue weighted by Gasteiger charge is -2.03. The minimum atomic E-state index is -1.28. The molecule has 0 rings (SSSR count). The largest absolute Gasteiger partial charge is 0.480 e. The van der Waals surface area contributed by atoms with E-state index in [0.29, 0.717) is 0 Å². The first-order chi connectivity index (χ1) is 6.47. The summed E-state index contributed by atoms with van der Waals surface area (Å²) in [6.45, 7) is 1.80. The van der Waals surface area contributed by atoms with Crippen LogP contribution in [-0.4, -0.2) is 34.8 Å². The molecule has 1 atom stereocenters. The van der Waals surface area contributed by atoms with Crippen LogP contribution in [0.25, 0.3) is 0 Å². The third-order valence-corrected chi connectivity index (χ3v) is 1.66. The maximum atomic E-state index is 11.0. The molecule has 88 valence electrons. The van der Waals surface area contributed by atoms with Gasteiger partial charge in [-0.05, 0) is 6.92 Å². The Balaban J connectivity index is 0. The zero-order chi connectivity index (χ0) is 11.1. The molecule has 0 aromatic rings. The molecule has 4 N–H and O–H groups in total. The molecule has 1 unspecified atom stereocenters. The van der Waals surface area contributed by atoms with E-state index in [1.54, 1.807) is 6.92 Å². The van der Waals surface area contributed by atoms with E-state index in [2.05, 4.69) is 4.74 Å². The molecule has 0 aliphatic heterocycles. The van der Waals surface area contributed by atoms with Gasteiger partial charge < -0.3 is 16.0 Å². The molecule has 0 saturated carbocycles. The van der Waals surface area contributed by atoms with Crippen molar-refractivity contribution in [2.45, 2.75) is 25.1 Å². The average molecular weight is 240 g/mol. The molecular weight excluding hydrogens is 226 g/mol. The molecule has 0 amide bonds. The Morgan fingerprint density at radius 3 is 2.33 bits per heavy atom. The monoisotopic (exact) mass is 239 g/mol. The third-order valence-electron chi connectivity index (χ3n) is 1.32. The Morgan fingerprint density at radius 2 is 1.93 bits per heavy atom. The number of Topliss-reactive ketones (excluding diaryl/α,β-unsaturated/α-hetero) is 1. The van der Waals surface area contributed by atoms with Gasteiger partial charge in [-0.15, -0.1) is 11.6 Å². The summed E-state index contributed by atoms with van der Waals surface area (Å²) in [6.07, 6.45) is -0.792. The first kappa shape index (κ1) is 16.3. The van der Waals surface area contributed by atoms with Crippen molar-refractivity contribution in [3.8, 4) is 0 Å². The summed E-state index contributed by atoms with van der Waals surface area (Å²) >= 11 is 5.30. The van der Waals surface area contributed by atoms with Crippen molar-refractivity contribution in [1.82, 2.24) is 6.15 Å². The average Bonchev–Trinajstić information content (AvgIpc) is 2.03. The first-order valence-corrected chi connectivity index (χ1v) is 4.45. The highest BCUT2D eigenvalue weighted by Crippen LogP contribution is 2.05. The van der Waals surface area contributed by atoms with Gasteiger partial charge in [-0.3, -0.25) is 14.4 Å². The third kappa shape index (κ3) is 7.90. The lowest BCUT2D eigenvalue weighted by molar-refractivity contribution is -0.146. The SMILES string of the molecule is CCOC(=O)CC(=O)CC(Cl)C(=O)O.N. The highest BCUT2D eigenvalue weighted by molar-refractivity contribution is 6.30. The molecule has 0 spiro atoms. The fourth-order valence-corrected chi connectivity index (χ4v) is 0.904. The topological polar surface area (TPSA) is 116 Å². The molecule has 0 aromatic carbocycles. The number of carbonyl (C=O) groups excluding carboxylic acids is 2. The molecule has 0 aromatic heterocycles. The molecule has 0 bridgehead atoms. The number of ether oxygens (including phenoxy) is 1. The highest BCUT2D eigenvalue weighted by atomic mass is 35.5. The molecule has 0 saturated heterocycles. The number of halogens is 1. The Bertz CT molecular complexity index is 243. The Kier molecular flexibility index (Phi) is 8.90. The van der Waals surface area contributed by atoms with Gasteiger partial charge in [0, 0.05) is 6.42 Å². The van der Waals surface area contributed by atoms with Gasteiger partial charge in [0.1, 0.15) is 17.6 Å². The smallest absolute Gasteiger partial charge is 0.322 e. The van der Waals surface area contributed by atoms with Crippen LogP contribution >= 0.6 is 11.6 Å².